The van der Waals surface area contributed by atoms with E-state index in [0.717, 1.165) is 93.8 Å². The lowest BCUT2D eigenvalue weighted by Gasteiger charge is -2.12. The van der Waals surface area contributed by atoms with Gasteiger partial charge < -0.3 is 8.98 Å². The van der Waals surface area contributed by atoms with Gasteiger partial charge in [-0.25, -0.2) is 9.97 Å². The number of furan rings is 1. The van der Waals surface area contributed by atoms with E-state index in [1.54, 1.807) is 0 Å². The number of hydrogen-bond acceptors (Lipinski definition) is 3. The Labute approximate surface area is 292 Å². The van der Waals surface area contributed by atoms with E-state index in [9.17, 15) is 0 Å². The van der Waals surface area contributed by atoms with E-state index in [1.165, 1.54) is 0 Å². The van der Waals surface area contributed by atoms with E-state index < -0.39 is 0 Å². The van der Waals surface area contributed by atoms with Crippen molar-refractivity contribution in [1.29, 1.82) is 0 Å². The second kappa shape index (κ2) is 10.8. The summed E-state index contributed by atoms with van der Waals surface area (Å²) < 4.78 is 11.1. The van der Waals surface area contributed by atoms with Crippen LogP contribution in [0.1, 0.15) is 0 Å². The molecular weight excluding hydrogens is 625 g/mol. The second-order valence-corrected chi connectivity index (χ2v) is 13.0. The van der Waals surface area contributed by atoms with Gasteiger partial charge in [0.15, 0.2) is 0 Å². The van der Waals surface area contributed by atoms with Gasteiger partial charge in [-0.2, -0.15) is 0 Å². The molecule has 0 aliphatic heterocycles. The number of benzene rings is 7. The molecule has 0 N–H and O–H groups in total. The van der Waals surface area contributed by atoms with Crippen LogP contribution in [0.3, 0.4) is 0 Å². The molecule has 11 aromatic rings. The molecule has 0 saturated carbocycles. The second-order valence-electron chi connectivity index (χ2n) is 13.0. The van der Waals surface area contributed by atoms with Crippen LogP contribution in [0.2, 0.25) is 0 Å². The molecule has 51 heavy (non-hydrogen) atoms. The molecule has 0 aliphatic rings. The van der Waals surface area contributed by atoms with Crippen LogP contribution in [0.5, 0.6) is 0 Å². The number of para-hydroxylation sites is 3. The lowest BCUT2D eigenvalue weighted by molar-refractivity contribution is 0.669. The highest BCUT2D eigenvalue weighted by molar-refractivity contribution is 6.28. The third-order valence-corrected chi connectivity index (χ3v) is 10.1. The number of aromatic nitrogens is 4. The first-order valence-electron chi connectivity index (χ1n) is 17.2. The fourth-order valence-corrected chi connectivity index (χ4v) is 7.89. The zero-order valence-corrected chi connectivity index (χ0v) is 27.4. The fourth-order valence-electron chi connectivity index (χ4n) is 7.89. The summed E-state index contributed by atoms with van der Waals surface area (Å²) in [7, 11) is 0. The van der Waals surface area contributed by atoms with Crippen LogP contribution in [-0.2, 0) is 0 Å². The molecule has 5 nitrogen and oxygen atoms in total. The minimum atomic E-state index is 0.629. The predicted octanol–water partition coefficient (Wildman–Crippen LogP) is 11.9. The Morgan fingerprint density at radius 1 is 0.392 bits per heavy atom. The molecule has 11 rings (SSSR count). The van der Waals surface area contributed by atoms with Gasteiger partial charge in [-0.1, -0.05) is 121 Å². The molecule has 5 heteroatoms. The van der Waals surface area contributed by atoms with Crippen molar-refractivity contribution in [3.63, 3.8) is 0 Å². The predicted molar refractivity (Wildman–Crippen MR) is 209 cm³/mol. The summed E-state index contributed by atoms with van der Waals surface area (Å²) in [5, 5.41) is 6.79. The lowest BCUT2D eigenvalue weighted by Crippen LogP contribution is -2.04. The van der Waals surface area contributed by atoms with Gasteiger partial charge >= 0.3 is 0 Å². The van der Waals surface area contributed by atoms with E-state index in [-0.39, 0.29) is 0 Å². The van der Waals surface area contributed by atoms with Crippen LogP contribution in [0, 0.1) is 0 Å². The van der Waals surface area contributed by atoms with Crippen molar-refractivity contribution in [3.05, 3.63) is 170 Å². The number of hydrogen-bond donors (Lipinski definition) is 0. The zero-order valence-electron chi connectivity index (χ0n) is 27.4. The number of rotatable bonds is 4. The quantitative estimate of drug-likeness (QED) is 0.190. The van der Waals surface area contributed by atoms with Gasteiger partial charge in [0.2, 0.25) is 5.95 Å². The summed E-state index contributed by atoms with van der Waals surface area (Å²) in [5.74, 6) is 0.629. The third-order valence-electron chi connectivity index (χ3n) is 10.1. The maximum atomic E-state index is 6.45. The lowest BCUT2D eigenvalue weighted by atomic mass is 10.1. The Balaban J connectivity index is 1.34. The molecule has 4 heterocycles. The molecule has 238 valence electrons. The fraction of sp³-hybridized carbons (Fsp3) is 0. The van der Waals surface area contributed by atoms with Crippen molar-refractivity contribution in [2.45, 2.75) is 0 Å². The van der Waals surface area contributed by atoms with Crippen molar-refractivity contribution in [1.82, 2.24) is 19.1 Å². The van der Waals surface area contributed by atoms with Crippen molar-refractivity contribution < 1.29 is 4.42 Å². The SMILES string of the molecule is c1ccc(-c2cc(-c3ccccc3)nc(-n3c4ccccc4c4ccc5c(c6cc7c(cc6n5-c5ccccc5)oc5ccccc57)c43)n2)cc1. The monoisotopic (exact) mass is 652 g/mol. The van der Waals surface area contributed by atoms with E-state index in [1.807, 2.05) is 24.3 Å². The van der Waals surface area contributed by atoms with Gasteiger partial charge in [-0.05, 0) is 42.5 Å². The van der Waals surface area contributed by atoms with Crippen molar-refractivity contribution in [2.24, 2.45) is 0 Å². The molecule has 0 bridgehead atoms. The average molecular weight is 653 g/mol. The van der Waals surface area contributed by atoms with Gasteiger partial charge in [0.25, 0.3) is 0 Å². The van der Waals surface area contributed by atoms with E-state index in [2.05, 4.69) is 155 Å². The van der Waals surface area contributed by atoms with E-state index in [4.69, 9.17) is 14.4 Å². The summed E-state index contributed by atoms with van der Waals surface area (Å²) in [5.41, 5.74) is 11.0. The Morgan fingerprint density at radius 2 is 1.02 bits per heavy atom. The average Bonchev–Trinajstić information content (AvgIpc) is 3.85. The van der Waals surface area contributed by atoms with Crippen molar-refractivity contribution in [2.75, 3.05) is 0 Å². The topological polar surface area (TPSA) is 48.8 Å². The molecule has 0 radical (unpaired) electrons. The van der Waals surface area contributed by atoms with Crippen LogP contribution in [0.4, 0.5) is 0 Å². The van der Waals surface area contributed by atoms with Gasteiger partial charge in [0.05, 0.1) is 33.5 Å². The maximum absolute atomic E-state index is 6.45. The summed E-state index contributed by atoms with van der Waals surface area (Å²) in [6.07, 6.45) is 0. The zero-order chi connectivity index (χ0) is 33.5. The maximum Gasteiger partial charge on any atom is 0.235 e. The van der Waals surface area contributed by atoms with E-state index >= 15 is 0 Å². The molecular formula is C46H28N4O. The van der Waals surface area contributed by atoms with Crippen LogP contribution in [0.25, 0.3) is 99.7 Å². The number of nitrogens with zero attached hydrogens (tertiary/aromatic N) is 4. The van der Waals surface area contributed by atoms with Gasteiger partial charge in [-0.15, -0.1) is 0 Å². The molecule has 0 spiro atoms. The molecule has 0 amide bonds. The minimum Gasteiger partial charge on any atom is -0.456 e. The van der Waals surface area contributed by atoms with E-state index in [0.29, 0.717) is 5.95 Å². The van der Waals surface area contributed by atoms with Gasteiger partial charge in [0.1, 0.15) is 11.2 Å². The van der Waals surface area contributed by atoms with Gasteiger partial charge in [0, 0.05) is 55.2 Å². The Kier molecular flexibility index (Phi) is 5.89. The normalized spacial score (nSPS) is 11.9. The third kappa shape index (κ3) is 4.15. The molecule has 0 saturated heterocycles. The molecule has 4 aromatic heterocycles. The number of fused-ring (bicyclic) bond motifs is 10. The Morgan fingerprint density at radius 3 is 1.75 bits per heavy atom. The molecule has 7 aromatic carbocycles. The smallest absolute Gasteiger partial charge is 0.235 e. The Bertz CT molecular complexity index is 3060. The molecule has 0 unspecified atom stereocenters. The van der Waals surface area contributed by atoms with Crippen LogP contribution in [0.15, 0.2) is 174 Å². The highest BCUT2D eigenvalue weighted by atomic mass is 16.3. The summed E-state index contributed by atoms with van der Waals surface area (Å²) in [6.45, 7) is 0. The van der Waals surface area contributed by atoms with Gasteiger partial charge in [-0.3, -0.25) is 4.57 Å². The first-order chi connectivity index (χ1) is 25.3. The standard InChI is InChI=1S/C46H28N4O/c1-4-14-29(15-5-1)37-27-38(30-16-6-2-7-17-30)48-46(47-37)50-39-22-12-10-20-32(39)34-24-25-40-44(45(34)50)36-26-35-33-21-11-13-23-42(33)51-43(35)28-41(36)49(40)31-18-8-3-9-19-31/h1-28H. The van der Waals surface area contributed by atoms with Crippen LogP contribution >= 0.6 is 0 Å². The molecule has 0 atom stereocenters. The first kappa shape index (κ1) is 27.9. The minimum absolute atomic E-state index is 0.629. The van der Waals surface area contributed by atoms with Crippen molar-refractivity contribution >= 4 is 65.6 Å². The van der Waals surface area contributed by atoms with Crippen LogP contribution < -0.4 is 0 Å². The highest BCUT2D eigenvalue weighted by Crippen LogP contribution is 2.44. The molecule has 0 fully saturated rings. The summed E-state index contributed by atoms with van der Waals surface area (Å²) in [4.78, 5) is 10.7. The summed E-state index contributed by atoms with van der Waals surface area (Å²) >= 11 is 0. The summed E-state index contributed by atoms with van der Waals surface area (Å²) in [6, 6.07) is 59.4. The largest absolute Gasteiger partial charge is 0.456 e. The first-order valence-corrected chi connectivity index (χ1v) is 17.2. The van der Waals surface area contributed by atoms with Crippen LogP contribution in [-0.4, -0.2) is 19.1 Å². The Hall–Kier alpha value is -6.98. The molecule has 0 aliphatic carbocycles. The highest BCUT2D eigenvalue weighted by Gasteiger charge is 2.24. The van der Waals surface area contributed by atoms with Crippen molar-refractivity contribution in [3.8, 4) is 34.2 Å².